The van der Waals surface area contributed by atoms with Gasteiger partial charge in [-0.15, -0.1) is 0 Å². The molecule has 0 atom stereocenters. The molecule has 156 valence electrons. The van der Waals surface area contributed by atoms with Gasteiger partial charge in [-0.2, -0.15) is 0 Å². The van der Waals surface area contributed by atoms with Crippen molar-refractivity contribution in [2.75, 3.05) is 5.32 Å². The van der Waals surface area contributed by atoms with E-state index < -0.39 is 0 Å². The van der Waals surface area contributed by atoms with Gasteiger partial charge in [-0.25, -0.2) is 0 Å². The van der Waals surface area contributed by atoms with Gasteiger partial charge in [0.15, 0.2) is 0 Å². The van der Waals surface area contributed by atoms with Crippen molar-refractivity contribution in [3.05, 3.63) is 83.0 Å². The summed E-state index contributed by atoms with van der Waals surface area (Å²) in [5.74, 6) is -0.0206. The van der Waals surface area contributed by atoms with Crippen LogP contribution in [0.15, 0.2) is 83.0 Å². The van der Waals surface area contributed by atoms with E-state index >= 15 is 0 Å². The van der Waals surface area contributed by atoms with Crippen molar-refractivity contribution >= 4 is 41.2 Å². The van der Waals surface area contributed by atoms with Crippen LogP contribution >= 0.6 is 0 Å². The van der Waals surface area contributed by atoms with Gasteiger partial charge in [0.05, 0.1) is 0 Å². The standard InChI is InChI=1S/C26H33NO2.Na.H/c1-19(11-16-24-21(3)10-7-17-26(24,4)5)8-6-9-20(2)18-25(29)27-22-12-14-23(28)15-13-22;;/h6,8-9,11-16,18,28H,7,10,17H2,1-5H3,(H,27,29);;. The zero-order valence-corrected chi connectivity index (χ0v) is 18.3. The molecule has 2 rings (SSSR count). The second-order valence-electron chi connectivity index (χ2n) is 8.46. The quantitative estimate of drug-likeness (QED) is 0.251. The molecule has 1 aliphatic carbocycles. The predicted octanol–water partition coefficient (Wildman–Crippen LogP) is 6.21. The first-order valence-electron chi connectivity index (χ1n) is 10.2. The van der Waals surface area contributed by atoms with Gasteiger partial charge in [0.2, 0.25) is 5.91 Å². The van der Waals surface area contributed by atoms with Crippen molar-refractivity contribution in [2.45, 2.75) is 53.9 Å². The third kappa shape index (κ3) is 8.51. The van der Waals surface area contributed by atoms with Crippen LogP contribution in [0.3, 0.4) is 0 Å². The first-order chi connectivity index (χ1) is 13.7. The minimum absolute atomic E-state index is 0. The fraction of sp³-hybridized carbons (Fsp3) is 0.346. The zero-order chi connectivity index (χ0) is 21.4. The summed E-state index contributed by atoms with van der Waals surface area (Å²) >= 11 is 0. The van der Waals surface area contributed by atoms with Crippen molar-refractivity contribution in [3.63, 3.8) is 0 Å². The van der Waals surface area contributed by atoms with E-state index in [4.69, 9.17) is 0 Å². The van der Waals surface area contributed by atoms with Gasteiger partial charge in [-0.3, -0.25) is 4.79 Å². The SMILES string of the molecule is CC(C=CC1=C(C)CCCC1(C)C)=CC=CC(C)=CC(=O)Nc1ccc(O)cc1.[NaH]. The predicted molar refractivity (Wildman–Crippen MR) is 130 cm³/mol. The number of amides is 1. The number of phenolic OH excluding ortho intramolecular Hbond substituents is 1. The first-order valence-corrected chi connectivity index (χ1v) is 10.2. The van der Waals surface area contributed by atoms with Gasteiger partial charge in [-0.05, 0) is 80.9 Å². The monoisotopic (exact) mass is 415 g/mol. The Kier molecular flexibility index (Phi) is 10.6. The third-order valence-electron chi connectivity index (χ3n) is 5.27. The molecular weight excluding hydrogens is 381 g/mol. The second-order valence-corrected chi connectivity index (χ2v) is 8.46. The van der Waals surface area contributed by atoms with Crippen molar-refractivity contribution in [3.8, 4) is 5.75 Å². The van der Waals surface area contributed by atoms with Gasteiger partial charge in [-0.1, -0.05) is 55.4 Å². The van der Waals surface area contributed by atoms with Gasteiger partial charge >= 0.3 is 29.6 Å². The van der Waals surface area contributed by atoms with Crippen LogP contribution in [-0.4, -0.2) is 40.6 Å². The van der Waals surface area contributed by atoms with Crippen molar-refractivity contribution in [2.24, 2.45) is 5.41 Å². The van der Waals surface area contributed by atoms with Gasteiger partial charge < -0.3 is 10.4 Å². The van der Waals surface area contributed by atoms with Crippen LogP contribution in [0.4, 0.5) is 5.69 Å². The Morgan fingerprint density at radius 3 is 2.40 bits per heavy atom. The summed E-state index contributed by atoms with van der Waals surface area (Å²) in [5, 5.41) is 12.1. The van der Waals surface area contributed by atoms with Crippen LogP contribution in [0.1, 0.15) is 53.9 Å². The van der Waals surface area contributed by atoms with E-state index in [2.05, 4.69) is 51.2 Å². The summed E-state index contributed by atoms with van der Waals surface area (Å²) in [6.07, 6.45) is 15.6. The van der Waals surface area contributed by atoms with Crippen LogP contribution < -0.4 is 5.32 Å². The van der Waals surface area contributed by atoms with E-state index in [0.717, 1.165) is 5.57 Å². The fourth-order valence-electron chi connectivity index (χ4n) is 3.61. The molecular formula is C26H34NNaO2. The molecule has 1 aliphatic rings. The van der Waals surface area contributed by atoms with Crippen LogP contribution in [0.2, 0.25) is 0 Å². The maximum atomic E-state index is 12.1. The molecule has 4 heteroatoms. The summed E-state index contributed by atoms with van der Waals surface area (Å²) in [4.78, 5) is 12.1. The molecule has 1 amide bonds. The average molecular weight is 416 g/mol. The van der Waals surface area contributed by atoms with Gasteiger partial charge in [0, 0.05) is 11.8 Å². The molecule has 0 aliphatic heterocycles. The molecule has 0 saturated heterocycles. The number of rotatable bonds is 6. The Morgan fingerprint density at radius 1 is 1.10 bits per heavy atom. The average Bonchev–Trinajstić information content (AvgIpc) is 2.62. The first kappa shape index (κ1) is 26.2. The van der Waals surface area contributed by atoms with Crippen molar-refractivity contribution in [1.29, 1.82) is 0 Å². The molecule has 0 fully saturated rings. The molecule has 1 aromatic carbocycles. The number of carbonyl (C=O) groups is 1. The molecule has 0 radical (unpaired) electrons. The number of hydrogen-bond donors (Lipinski definition) is 2. The topological polar surface area (TPSA) is 49.3 Å². The Balaban J connectivity index is 0.00000450. The molecule has 2 N–H and O–H groups in total. The van der Waals surface area contributed by atoms with E-state index in [1.165, 1.54) is 36.0 Å². The normalized spacial score (nSPS) is 17.4. The summed E-state index contributed by atoms with van der Waals surface area (Å²) < 4.78 is 0. The number of aromatic hydroxyl groups is 1. The van der Waals surface area contributed by atoms with Crippen LogP contribution in [-0.2, 0) is 4.79 Å². The number of carbonyl (C=O) groups excluding carboxylic acids is 1. The molecule has 1 aromatic rings. The van der Waals surface area contributed by atoms with Crippen LogP contribution in [0.5, 0.6) is 5.75 Å². The molecule has 0 unspecified atom stereocenters. The zero-order valence-electron chi connectivity index (χ0n) is 18.3. The number of allylic oxidation sites excluding steroid dienone is 9. The van der Waals surface area contributed by atoms with E-state index in [0.29, 0.717) is 5.69 Å². The number of nitrogens with one attached hydrogen (secondary N) is 1. The number of benzene rings is 1. The molecule has 0 saturated carbocycles. The molecule has 30 heavy (non-hydrogen) atoms. The summed E-state index contributed by atoms with van der Waals surface area (Å²) in [6, 6.07) is 6.41. The Hall–Kier alpha value is -1.81. The van der Waals surface area contributed by atoms with Crippen molar-refractivity contribution in [1.82, 2.24) is 0 Å². The molecule has 0 bridgehead atoms. The van der Waals surface area contributed by atoms with E-state index in [-0.39, 0.29) is 46.6 Å². The van der Waals surface area contributed by atoms with Gasteiger partial charge in [0.25, 0.3) is 0 Å². The third-order valence-corrected chi connectivity index (χ3v) is 5.27. The maximum absolute atomic E-state index is 12.1. The molecule has 0 heterocycles. The van der Waals surface area contributed by atoms with Crippen LogP contribution in [0, 0.1) is 5.41 Å². The summed E-state index contributed by atoms with van der Waals surface area (Å²) in [6.45, 7) is 10.9. The van der Waals surface area contributed by atoms with E-state index in [1.54, 1.807) is 30.3 Å². The second kappa shape index (κ2) is 12.1. The molecule has 3 nitrogen and oxygen atoms in total. The van der Waals surface area contributed by atoms with E-state index in [9.17, 15) is 9.90 Å². The Labute approximate surface area is 203 Å². The van der Waals surface area contributed by atoms with Gasteiger partial charge in [0.1, 0.15) is 5.75 Å². The Bertz CT molecular complexity index is 884. The number of hydrogen-bond acceptors (Lipinski definition) is 2. The molecule has 0 spiro atoms. The molecule has 0 aromatic heterocycles. The van der Waals surface area contributed by atoms with Crippen LogP contribution in [0.25, 0.3) is 0 Å². The van der Waals surface area contributed by atoms with E-state index in [1.807, 2.05) is 19.1 Å². The number of anilines is 1. The number of phenols is 1. The fourth-order valence-corrected chi connectivity index (χ4v) is 3.61. The Morgan fingerprint density at radius 2 is 1.77 bits per heavy atom. The summed E-state index contributed by atoms with van der Waals surface area (Å²) in [7, 11) is 0. The minimum atomic E-state index is -0.194. The summed E-state index contributed by atoms with van der Waals surface area (Å²) in [5.41, 5.74) is 5.89. The van der Waals surface area contributed by atoms with Crippen molar-refractivity contribution < 1.29 is 9.90 Å².